The Morgan fingerprint density at radius 3 is 2.57 bits per heavy atom. The Bertz CT molecular complexity index is 1400. The van der Waals surface area contributed by atoms with Crippen LogP contribution in [0.15, 0.2) is 65.1 Å². The van der Waals surface area contributed by atoms with Gasteiger partial charge < -0.3 is 20.0 Å². The van der Waals surface area contributed by atoms with Crippen molar-refractivity contribution in [1.82, 2.24) is 14.9 Å². The summed E-state index contributed by atoms with van der Waals surface area (Å²) in [6, 6.07) is 19.4. The monoisotopic (exact) mass is 469 g/mol. The van der Waals surface area contributed by atoms with Crippen LogP contribution in [0.1, 0.15) is 36.2 Å². The van der Waals surface area contributed by atoms with Gasteiger partial charge in [0.2, 0.25) is 5.91 Å². The van der Waals surface area contributed by atoms with E-state index in [-0.39, 0.29) is 17.7 Å². The number of carbonyl (C=O) groups is 2. The summed E-state index contributed by atoms with van der Waals surface area (Å²) >= 11 is 0. The quantitative estimate of drug-likeness (QED) is 0.488. The minimum atomic E-state index is -0.953. The van der Waals surface area contributed by atoms with E-state index < -0.39 is 5.54 Å². The largest absolute Gasteiger partial charge is 0.423 e. The number of benzene rings is 2. The van der Waals surface area contributed by atoms with Gasteiger partial charge in [-0.05, 0) is 49.9 Å². The van der Waals surface area contributed by atoms with Gasteiger partial charge in [-0.1, -0.05) is 36.4 Å². The first-order valence-electron chi connectivity index (χ1n) is 12.1. The molecule has 4 aromatic rings. The van der Waals surface area contributed by atoms with Crippen molar-refractivity contribution in [1.29, 1.82) is 0 Å². The second-order valence-electron chi connectivity index (χ2n) is 9.49. The van der Waals surface area contributed by atoms with Crippen molar-refractivity contribution < 1.29 is 14.0 Å². The first kappa shape index (κ1) is 21.6. The molecule has 178 valence electrons. The lowest BCUT2D eigenvalue weighted by molar-refractivity contribution is -0.126. The summed E-state index contributed by atoms with van der Waals surface area (Å²) in [5.41, 5.74) is 7.81. The molecule has 2 saturated heterocycles. The molecule has 2 atom stereocenters. The zero-order chi connectivity index (χ0) is 24.0. The topological polar surface area (TPSA) is 106 Å². The second kappa shape index (κ2) is 8.37. The molecule has 2 fully saturated rings. The molecule has 2 aliphatic heterocycles. The third-order valence-electron chi connectivity index (χ3n) is 7.58. The van der Waals surface area contributed by atoms with Gasteiger partial charge >= 0.3 is 0 Å². The van der Waals surface area contributed by atoms with E-state index in [1.165, 1.54) is 0 Å². The molecule has 0 aliphatic carbocycles. The average Bonchev–Trinajstić information content (AvgIpc) is 3.55. The Morgan fingerprint density at radius 1 is 0.943 bits per heavy atom. The number of primary amides is 1. The zero-order valence-corrected chi connectivity index (χ0v) is 19.4. The summed E-state index contributed by atoms with van der Waals surface area (Å²) in [5.74, 6) is -0.635. The van der Waals surface area contributed by atoms with Gasteiger partial charge in [-0.15, -0.1) is 0 Å². The first-order chi connectivity index (χ1) is 17.1. The highest BCUT2D eigenvalue weighted by Gasteiger charge is 2.54. The predicted molar refractivity (Wildman–Crippen MR) is 133 cm³/mol. The second-order valence-corrected chi connectivity index (χ2v) is 9.49. The fourth-order valence-electron chi connectivity index (χ4n) is 5.80. The fraction of sp³-hybridized carbons (Fsp3) is 0.333. The van der Waals surface area contributed by atoms with Gasteiger partial charge in [-0.2, -0.15) is 4.98 Å². The molecule has 2 amide bonds. The molecular weight excluding hydrogens is 442 g/mol. The summed E-state index contributed by atoms with van der Waals surface area (Å²) in [7, 11) is 0. The van der Waals surface area contributed by atoms with Crippen molar-refractivity contribution in [3.05, 3.63) is 66.4 Å². The Labute approximate surface area is 202 Å². The van der Waals surface area contributed by atoms with E-state index in [1.54, 1.807) is 11.0 Å². The van der Waals surface area contributed by atoms with Gasteiger partial charge in [0.25, 0.3) is 11.9 Å². The number of nitrogens with zero attached hydrogens (tertiary/aromatic N) is 4. The van der Waals surface area contributed by atoms with E-state index in [0.29, 0.717) is 49.8 Å². The fourth-order valence-corrected chi connectivity index (χ4v) is 5.80. The smallest absolute Gasteiger partial charge is 0.299 e. The van der Waals surface area contributed by atoms with Gasteiger partial charge in [-0.25, -0.2) is 4.98 Å². The number of carbonyl (C=O) groups excluding carboxylic acids is 2. The number of hydrogen-bond acceptors (Lipinski definition) is 6. The maximum atomic E-state index is 13.4. The van der Waals surface area contributed by atoms with E-state index in [9.17, 15) is 9.59 Å². The van der Waals surface area contributed by atoms with E-state index >= 15 is 0 Å². The zero-order valence-electron chi connectivity index (χ0n) is 19.4. The number of amides is 2. The summed E-state index contributed by atoms with van der Waals surface area (Å²) in [6.45, 7) is 1.62. The minimum absolute atomic E-state index is 0.123. The molecule has 2 N–H and O–H groups in total. The van der Waals surface area contributed by atoms with Crippen LogP contribution < -0.4 is 10.6 Å². The highest BCUT2D eigenvalue weighted by Crippen LogP contribution is 2.42. The lowest BCUT2D eigenvalue weighted by atomic mass is 9.75. The number of piperidine rings is 1. The van der Waals surface area contributed by atoms with Crippen LogP contribution in [-0.2, 0) is 4.79 Å². The number of aromatic nitrogens is 2. The third kappa shape index (κ3) is 3.51. The number of hydrogen-bond donors (Lipinski definition) is 1. The number of anilines is 1. The van der Waals surface area contributed by atoms with Crippen molar-refractivity contribution in [2.75, 3.05) is 24.5 Å². The number of pyridine rings is 1. The van der Waals surface area contributed by atoms with Crippen molar-refractivity contribution in [2.24, 2.45) is 11.7 Å². The molecule has 4 heterocycles. The number of rotatable bonds is 4. The Kier molecular flexibility index (Phi) is 5.16. The van der Waals surface area contributed by atoms with Crippen LogP contribution in [0.3, 0.4) is 0 Å². The molecular formula is C27H27N5O3. The molecule has 2 aromatic carbocycles. The van der Waals surface area contributed by atoms with Crippen LogP contribution in [0, 0.1) is 5.92 Å². The third-order valence-corrected chi connectivity index (χ3v) is 7.58. The lowest BCUT2D eigenvalue weighted by Crippen LogP contribution is -2.65. The van der Waals surface area contributed by atoms with Crippen LogP contribution in [-0.4, -0.2) is 51.9 Å². The Balaban J connectivity index is 1.31. The van der Waals surface area contributed by atoms with E-state index in [2.05, 4.69) is 9.97 Å². The van der Waals surface area contributed by atoms with E-state index in [0.717, 1.165) is 29.3 Å². The number of likely N-dealkylation sites (tertiary alicyclic amines) is 1. The van der Waals surface area contributed by atoms with Crippen molar-refractivity contribution in [3.63, 3.8) is 0 Å². The number of nitrogens with two attached hydrogens (primary N) is 1. The molecule has 0 saturated carbocycles. The molecule has 2 aliphatic rings. The van der Waals surface area contributed by atoms with Crippen LogP contribution in [0.2, 0.25) is 0 Å². The van der Waals surface area contributed by atoms with Gasteiger partial charge in [0.05, 0.1) is 5.52 Å². The average molecular weight is 470 g/mol. The summed E-state index contributed by atoms with van der Waals surface area (Å²) in [5, 5.41) is 0.993. The molecule has 6 rings (SSSR count). The van der Waals surface area contributed by atoms with Gasteiger partial charge in [-0.3, -0.25) is 9.59 Å². The SMILES string of the molecule is NC(=O)C1([C@H]2CCN(C(=O)c3ccc4ccccc4n3)C2)CCCCN1c1nc2ccccc2o1. The minimum Gasteiger partial charge on any atom is -0.423 e. The highest BCUT2D eigenvalue weighted by molar-refractivity contribution is 5.95. The summed E-state index contributed by atoms with van der Waals surface area (Å²) < 4.78 is 6.07. The molecule has 35 heavy (non-hydrogen) atoms. The normalized spacial score (nSPS) is 22.7. The van der Waals surface area contributed by atoms with E-state index in [4.69, 9.17) is 10.2 Å². The first-order valence-corrected chi connectivity index (χ1v) is 12.1. The van der Waals surface area contributed by atoms with Crippen LogP contribution in [0.5, 0.6) is 0 Å². The van der Waals surface area contributed by atoms with Crippen molar-refractivity contribution >= 4 is 39.8 Å². The Morgan fingerprint density at radius 2 is 1.74 bits per heavy atom. The van der Waals surface area contributed by atoms with Crippen molar-refractivity contribution in [3.8, 4) is 0 Å². The molecule has 1 unspecified atom stereocenters. The highest BCUT2D eigenvalue weighted by atomic mass is 16.4. The van der Waals surface area contributed by atoms with Crippen molar-refractivity contribution in [2.45, 2.75) is 31.2 Å². The standard InChI is InChI=1S/C27H27N5O3/c28-25(34)27(14-5-6-15-32(27)26-30-21-9-3-4-10-23(21)35-26)19-13-16-31(17-19)24(33)22-12-11-18-7-1-2-8-20(18)29-22/h1-4,7-12,19H,5-6,13-17H2,(H2,28,34)/t19-,27?/m0/s1. The molecule has 0 spiro atoms. The molecule has 8 nitrogen and oxygen atoms in total. The molecule has 0 radical (unpaired) electrons. The lowest BCUT2D eigenvalue weighted by Gasteiger charge is -2.47. The summed E-state index contributed by atoms with van der Waals surface area (Å²) in [6.07, 6.45) is 3.10. The maximum absolute atomic E-state index is 13.4. The maximum Gasteiger partial charge on any atom is 0.299 e. The number of fused-ring (bicyclic) bond motifs is 2. The van der Waals surface area contributed by atoms with Crippen LogP contribution in [0.4, 0.5) is 6.01 Å². The van der Waals surface area contributed by atoms with Gasteiger partial charge in [0, 0.05) is 30.9 Å². The van der Waals surface area contributed by atoms with Crippen LogP contribution in [0.25, 0.3) is 22.0 Å². The number of oxazole rings is 1. The molecule has 8 heteroatoms. The van der Waals surface area contributed by atoms with Gasteiger partial charge in [0.15, 0.2) is 5.58 Å². The van der Waals surface area contributed by atoms with E-state index in [1.807, 2.05) is 59.5 Å². The predicted octanol–water partition coefficient (Wildman–Crippen LogP) is 3.75. The molecule has 2 aromatic heterocycles. The summed E-state index contributed by atoms with van der Waals surface area (Å²) in [4.78, 5) is 39.5. The Hall–Kier alpha value is -3.94. The molecule has 0 bridgehead atoms. The number of para-hydroxylation sites is 3. The van der Waals surface area contributed by atoms with Gasteiger partial charge in [0.1, 0.15) is 16.7 Å². The van der Waals surface area contributed by atoms with Crippen LogP contribution >= 0.6 is 0 Å².